The highest BCUT2D eigenvalue weighted by Crippen LogP contribution is 2.70. The highest BCUT2D eigenvalue weighted by molar-refractivity contribution is 5.75. The van der Waals surface area contributed by atoms with Gasteiger partial charge in [0.2, 0.25) is 0 Å². The van der Waals surface area contributed by atoms with Gasteiger partial charge in [-0.25, -0.2) is 4.79 Å². The molecule has 9 atom stereocenters. The molecule has 9 unspecified atom stereocenters. The Labute approximate surface area is 210 Å². The predicted octanol–water partition coefficient (Wildman–Crippen LogP) is 5.17. The van der Waals surface area contributed by atoms with Gasteiger partial charge in [0.1, 0.15) is 12.1 Å². The molecule has 1 heterocycles. The van der Waals surface area contributed by atoms with Crippen LogP contribution in [-0.4, -0.2) is 28.8 Å². The van der Waals surface area contributed by atoms with Crippen molar-refractivity contribution >= 4 is 5.97 Å². The molecule has 6 heteroatoms. The molecule has 196 valence electrons. The van der Waals surface area contributed by atoms with Crippen LogP contribution >= 0.6 is 0 Å². The summed E-state index contributed by atoms with van der Waals surface area (Å²) in [5, 5.41) is 12.3. The van der Waals surface area contributed by atoms with Crippen molar-refractivity contribution in [1.82, 2.24) is 0 Å². The van der Waals surface area contributed by atoms with E-state index in [9.17, 15) is 14.7 Å². The molecule has 0 saturated heterocycles. The Hall–Kier alpha value is -1.66. The van der Waals surface area contributed by atoms with E-state index in [1.807, 2.05) is 19.9 Å². The van der Waals surface area contributed by atoms with Crippen LogP contribution in [0.5, 0.6) is 0 Å². The number of nitrogens with two attached hydrogens (primary N) is 1. The number of fused-ring (bicyclic) bond motifs is 5. The van der Waals surface area contributed by atoms with Crippen LogP contribution in [0, 0.1) is 28.6 Å². The molecule has 5 rings (SSSR count). The zero-order valence-corrected chi connectivity index (χ0v) is 22.2. The summed E-state index contributed by atoms with van der Waals surface area (Å²) in [6, 6.07) is 2.82. The van der Waals surface area contributed by atoms with E-state index >= 15 is 0 Å². The van der Waals surface area contributed by atoms with Gasteiger partial charge in [-0.3, -0.25) is 4.79 Å². The molecule has 4 aliphatic carbocycles. The molecule has 0 amide bonds. The lowest BCUT2D eigenvalue weighted by atomic mass is 9.43. The predicted molar refractivity (Wildman–Crippen MR) is 136 cm³/mol. The van der Waals surface area contributed by atoms with Crippen molar-refractivity contribution < 1.29 is 19.1 Å². The van der Waals surface area contributed by atoms with Crippen molar-refractivity contribution in [3.63, 3.8) is 0 Å². The number of hydrogen-bond acceptors (Lipinski definition) is 6. The molecule has 0 bridgehead atoms. The summed E-state index contributed by atoms with van der Waals surface area (Å²) in [7, 11) is 0. The van der Waals surface area contributed by atoms with E-state index in [1.54, 1.807) is 13.2 Å². The van der Waals surface area contributed by atoms with E-state index in [2.05, 4.69) is 13.8 Å². The lowest BCUT2D eigenvalue weighted by Gasteiger charge is -2.63. The van der Waals surface area contributed by atoms with Crippen LogP contribution in [0.25, 0.3) is 0 Å². The third-order valence-corrected chi connectivity index (χ3v) is 10.6. The molecule has 1 aromatic heterocycles. The zero-order valence-electron chi connectivity index (χ0n) is 22.2. The maximum atomic E-state index is 12.3. The lowest BCUT2D eigenvalue weighted by Crippen LogP contribution is -2.62. The minimum Gasteiger partial charge on any atom is -0.461 e. The zero-order chi connectivity index (χ0) is 25.6. The Morgan fingerprint density at radius 1 is 1.09 bits per heavy atom. The average molecular weight is 488 g/mol. The highest BCUT2D eigenvalue weighted by Gasteiger charge is 2.67. The van der Waals surface area contributed by atoms with Crippen molar-refractivity contribution in [3.8, 4) is 0 Å². The second-order valence-corrected chi connectivity index (χ2v) is 12.0. The largest absolute Gasteiger partial charge is 0.461 e. The number of hydrogen-bond donors (Lipinski definition) is 2. The Kier molecular flexibility index (Phi) is 7.29. The van der Waals surface area contributed by atoms with Gasteiger partial charge in [-0.2, -0.15) is 0 Å². The van der Waals surface area contributed by atoms with E-state index in [-0.39, 0.29) is 34.4 Å². The standard InChI is InChI=1S/C27H39NO5.C2H6/c1-16(28)24(30)33-19-8-11-25(2)18(14-19)5-6-22-21(25)9-12-26(3)20(10-13-27(22,26)31)17-4-7-23(29)32-15-17;1-2/h4,7,15-16,18-22,31H,5-6,8-14,28H2,1-3H3;1-2H3. The Balaban J connectivity index is 0.00000141. The van der Waals surface area contributed by atoms with Gasteiger partial charge in [0.25, 0.3) is 0 Å². The topological polar surface area (TPSA) is 103 Å². The first-order valence-corrected chi connectivity index (χ1v) is 13.9. The number of aliphatic hydroxyl groups is 1. The molecule has 0 radical (unpaired) electrons. The van der Waals surface area contributed by atoms with Crippen molar-refractivity contribution in [1.29, 1.82) is 0 Å². The van der Waals surface area contributed by atoms with Gasteiger partial charge in [-0.15, -0.1) is 0 Å². The number of esters is 1. The van der Waals surface area contributed by atoms with E-state index in [4.69, 9.17) is 14.9 Å². The number of carbonyl (C=O) groups excluding carboxylic acids is 1. The second kappa shape index (κ2) is 9.66. The highest BCUT2D eigenvalue weighted by atomic mass is 16.5. The first-order chi connectivity index (χ1) is 16.6. The number of rotatable bonds is 3. The van der Waals surface area contributed by atoms with Gasteiger partial charge in [0, 0.05) is 11.5 Å². The van der Waals surface area contributed by atoms with Crippen molar-refractivity contribution in [2.24, 2.45) is 34.3 Å². The van der Waals surface area contributed by atoms with Gasteiger partial charge >= 0.3 is 11.6 Å². The summed E-state index contributed by atoms with van der Waals surface area (Å²) < 4.78 is 10.9. The van der Waals surface area contributed by atoms with Crippen molar-refractivity contribution in [2.75, 3.05) is 0 Å². The molecule has 1 aromatic rings. The summed E-state index contributed by atoms with van der Waals surface area (Å²) in [5.74, 6) is 1.22. The molecule has 4 fully saturated rings. The quantitative estimate of drug-likeness (QED) is 0.571. The number of ether oxygens (including phenoxy) is 1. The van der Waals surface area contributed by atoms with E-state index < -0.39 is 11.6 Å². The third kappa shape index (κ3) is 4.19. The Morgan fingerprint density at radius 3 is 2.49 bits per heavy atom. The van der Waals surface area contributed by atoms with Crippen LogP contribution in [0.15, 0.2) is 27.6 Å². The maximum absolute atomic E-state index is 12.3. The van der Waals surface area contributed by atoms with Crippen LogP contribution in [0.1, 0.15) is 104 Å². The van der Waals surface area contributed by atoms with Gasteiger partial charge in [-0.1, -0.05) is 27.7 Å². The molecule has 4 saturated carbocycles. The first kappa shape index (κ1) is 26.4. The van der Waals surface area contributed by atoms with Crippen LogP contribution in [0.4, 0.5) is 0 Å². The molecule has 3 N–H and O–H groups in total. The minimum atomic E-state index is -0.691. The van der Waals surface area contributed by atoms with Gasteiger partial charge in [0.05, 0.1) is 11.9 Å². The van der Waals surface area contributed by atoms with Crippen LogP contribution in [0.3, 0.4) is 0 Å². The van der Waals surface area contributed by atoms with Crippen molar-refractivity contribution in [2.45, 2.75) is 116 Å². The minimum absolute atomic E-state index is 0.0290. The molecular weight excluding hydrogens is 442 g/mol. The third-order valence-electron chi connectivity index (χ3n) is 10.6. The monoisotopic (exact) mass is 487 g/mol. The summed E-state index contributed by atoms with van der Waals surface area (Å²) in [4.78, 5) is 23.5. The molecule has 0 aliphatic heterocycles. The SMILES string of the molecule is CC.CC(N)C(=O)OC1CCC2(C)C(CCC3C2CCC2(C)C(c4ccc(=O)oc4)CCC32O)C1. The fourth-order valence-corrected chi connectivity index (χ4v) is 8.67. The van der Waals surface area contributed by atoms with E-state index in [1.165, 1.54) is 6.07 Å². The smallest absolute Gasteiger partial charge is 0.335 e. The van der Waals surface area contributed by atoms with Crippen LogP contribution < -0.4 is 11.4 Å². The van der Waals surface area contributed by atoms with Gasteiger partial charge in [0.15, 0.2) is 0 Å². The molecule has 0 spiro atoms. The molecule has 4 aliphatic rings. The summed E-state index contributed by atoms with van der Waals surface area (Å²) in [6.45, 7) is 10.4. The molecule has 6 nitrogen and oxygen atoms in total. The van der Waals surface area contributed by atoms with Crippen LogP contribution in [-0.2, 0) is 9.53 Å². The van der Waals surface area contributed by atoms with E-state index in [0.29, 0.717) is 17.8 Å². The van der Waals surface area contributed by atoms with Gasteiger partial charge in [-0.05, 0) is 105 Å². The lowest BCUT2D eigenvalue weighted by molar-refractivity contribution is -0.207. The molecular formula is C29H45NO5. The van der Waals surface area contributed by atoms with E-state index in [0.717, 1.165) is 63.4 Å². The van der Waals surface area contributed by atoms with Gasteiger partial charge < -0.3 is 20.0 Å². The summed E-state index contributed by atoms with van der Waals surface area (Å²) in [5.41, 5.74) is 5.71. The van der Waals surface area contributed by atoms with Crippen LogP contribution in [0.2, 0.25) is 0 Å². The second-order valence-electron chi connectivity index (χ2n) is 12.0. The average Bonchev–Trinajstić information content (AvgIpc) is 3.12. The number of carbonyl (C=O) groups is 1. The molecule has 0 aromatic carbocycles. The summed E-state index contributed by atoms with van der Waals surface area (Å²) in [6.07, 6.45) is 10.4. The first-order valence-electron chi connectivity index (χ1n) is 13.9. The fourth-order valence-electron chi connectivity index (χ4n) is 8.67. The maximum Gasteiger partial charge on any atom is 0.335 e. The fraction of sp³-hybridized carbons (Fsp3) is 0.793. The normalized spacial score (nSPS) is 43.0. The Morgan fingerprint density at radius 2 is 1.83 bits per heavy atom. The summed E-state index contributed by atoms with van der Waals surface area (Å²) >= 11 is 0. The molecule has 35 heavy (non-hydrogen) atoms. The Bertz CT molecular complexity index is 954. The van der Waals surface area contributed by atoms with Crippen molar-refractivity contribution in [3.05, 3.63) is 34.4 Å².